The maximum absolute atomic E-state index is 5.44. The van der Waals surface area contributed by atoms with Crippen molar-refractivity contribution in [1.82, 2.24) is 0 Å². The zero-order valence-corrected chi connectivity index (χ0v) is 8.37. The zero-order valence-electron chi connectivity index (χ0n) is 5.20. The second kappa shape index (κ2) is 3.51. The van der Waals surface area contributed by atoms with E-state index < -0.39 is 0 Å². The lowest BCUT2D eigenvalue weighted by atomic mass is 10.2. The minimum Gasteiger partial charge on any atom is -0.326 e. The summed E-state index contributed by atoms with van der Waals surface area (Å²) in [5.41, 5.74) is 6.43. The molecule has 1 nitrogen and oxygen atoms in total. The molecule has 2 N–H and O–H groups in total. The predicted molar refractivity (Wildman–Crippen MR) is 48.6 cm³/mol. The quantitative estimate of drug-likeness (QED) is 0.828. The summed E-state index contributed by atoms with van der Waals surface area (Å²) in [6.45, 7) is 0.514. The van der Waals surface area contributed by atoms with Gasteiger partial charge in [0.2, 0.25) is 0 Å². The highest BCUT2D eigenvalue weighted by Gasteiger charge is 1.97. The number of nitrogens with two attached hydrogens (primary N) is 1. The van der Waals surface area contributed by atoms with Crippen LogP contribution in [-0.2, 0) is 6.54 Å². The molecule has 0 heterocycles. The van der Waals surface area contributed by atoms with E-state index in [2.05, 4.69) is 37.9 Å². The molecule has 0 aromatic heterocycles. The molecule has 0 saturated heterocycles. The Morgan fingerprint density at radius 1 is 1.40 bits per heavy atom. The second-order valence-corrected chi connectivity index (χ2v) is 3.55. The first-order valence-electron chi connectivity index (χ1n) is 2.80. The molecule has 53 valence electrons. The molecule has 1 aromatic carbocycles. The van der Waals surface area contributed by atoms with Gasteiger partial charge in [-0.25, -0.2) is 0 Å². The third kappa shape index (κ3) is 1.81. The van der Waals surface area contributed by atoms with Crippen LogP contribution in [0, 0.1) is 6.07 Å². The Morgan fingerprint density at radius 3 is 2.60 bits per heavy atom. The van der Waals surface area contributed by atoms with Crippen LogP contribution in [0.15, 0.2) is 21.1 Å². The Morgan fingerprint density at radius 2 is 2.10 bits per heavy atom. The molecule has 0 atom stereocenters. The summed E-state index contributed by atoms with van der Waals surface area (Å²) < 4.78 is 1.95. The van der Waals surface area contributed by atoms with Gasteiger partial charge in [0, 0.05) is 21.6 Å². The summed E-state index contributed by atoms with van der Waals surface area (Å²) in [7, 11) is 0. The minimum absolute atomic E-state index is 0.514. The Kier molecular flexibility index (Phi) is 2.89. The molecule has 0 spiro atoms. The van der Waals surface area contributed by atoms with Crippen molar-refractivity contribution >= 4 is 31.9 Å². The molecule has 0 fully saturated rings. The van der Waals surface area contributed by atoms with Gasteiger partial charge in [-0.05, 0) is 17.7 Å². The predicted octanol–water partition coefficient (Wildman–Crippen LogP) is 2.47. The van der Waals surface area contributed by atoms with Crippen LogP contribution in [0.2, 0.25) is 0 Å². The molecule has 0 saturated carbocycles. The lowest BCUT2D eigenvalue weighted by molar-refractivity contribution is 1.06. The van der Waals surface area contributed by atoms with E-state index >= 15 is 0 Å². The molecule has 10 heavy (non-hydrogen) atoms. The molecule has 3 heteroatoms. The fourth-order valence-electron chi connectivity index (χ4n) is 0.641. The topological polar surface area (TPSA) is 26.0 Å². The molecular formula is C7H6Br2N. The molecule has 0 amide bonds. The van der Waals surface area contributed by atoms with E-state index in [4.69, 9.17) is 5.73 Å². The maximum atomic E-state index is 5.44. The van der Waals surface area contributed by atoms with Crippen molar-refractivity contribution in [1.29, 1.82) is 0 Å². The highest BCUT2D eigenvalue weighted by atomic mass is 79.9. The summed E-state index contributed by atoms with van der Waals surface area (Å²) in [5, 5.41) is 0. The normalized spacial score (nSPS) is 9.90. The van der Waals surface area contributed by atoms with Gasteiger partial charge in [0.25, 0.3) is 0 Å². The van der Waals surface area contributed by atoms with E-state index in [-0.39, 0.29) is 0 Å². The van der Waals surface area contributed by atoms with Crippen molar-refractivity contribution in [3.05, 3.63) is 32.7 Å². The molecule has 0 aliphatic rings. The fourth-order valence-corrected chi connectivity index (χ4v) is 1.41. The van der Waals surface area contributed by atoms with E-state index in [9.17, 15) is 0 Å². The number of halogens is 2. The summed E-state index contributed by atoms with van der Waals surface area (Å²) in [6.07, 6.45) is 0. The van der Waals surface area contributed by atoms with E-state index in [1.54, 1.807) is 0 Å². The van der Waals surface area contributed by atoms with Crippen molar-refractivity contribution in [3.63, 3.8) is 0 Å². The average molecular weight is 264 g/mol. The molecule has 0 aliphatic carbocycles. The molecular weight excluding hydrogens is 258 g/mol. The van der Waals surface area contributed by atoms with Gasteiger partial charge in [-0.3, -0.25) is 0 Å². The average Bonchev–Trinajstić information content (AvgIpc) is 1.94. The lowest BCUT2D eigenvalue weighted by Gasteiger charge is -1.99. The summed E-state index contributed by atoms with van der Waals surface area (Å²) >= 11 is 6.66. The van der Waals surface area contributed by atoms with Gasteiger partial charge in [0.05, 0.1) is 0 Å². The van der Waals surface area contributed by atoms with E-state index in [0.29, 0.717) is 6.54 Å². The number of hydrogen-bond donors (Lipinski definition) is 1. The van der Waals surface area contributed by atoms with Gasteiger partial charge in [-0.2, -0.15) is 0 Å². The standard InChI is InChI=1S/C7H6Br2N/c8-6-1-2-7(9)5(3-6)4-10/h1-2H,4,10H2. The third-order valence-corrected chi connectivity index (χ3v) is 2.34. The molecule has 1 aromatic rings. The van der Waals surface area contributed by atoms with Crippen LogP contribution in [-0.4, -0.2) is 0 Å². The van der Waals surface area contributed by atoms with Gasteiger partial charge in [0.1, 0.15) is 0 Å². The van der Waals surface area contributed by atoms with Crippen LogP contribution in [0.25, 0.3) is 0 Å². The minimum atomic E-state index is 0.514. The van der Waals surface area contributed by atoms with Crippen LogP contribution in [0.1, 0.15) is 5.56 Å². The smallest absolute Gasteiger partial charge is 0.0258 e. The first-order valence-corrected chi connectivity index (χ1v) is 4.39. The molecule has 0 bridgehead atoms. The van der Waals surface area contributed by atoms with Gasteiger partial charge in [-0.1, -0.05) is 31.9 Å². The van der Waals surface area contributed by atoms with Crippen LogP contribution in [0.5, 0.6) is 0 Å². The van der Waals surface area contributed by atoms with Gasteiger partial charge in [0.15, 0.2) is 0 Å². The Bertz CT molecular complexity index is 235. The molecule has 1 rings (SSSR count). The Hall–Kier alpha value is 0.140. The second-order valence-electron chi connectivity index (χ2n) is 1.84. The number of rotatable bonds is 1. The largest absolute Gasteiger partial charge is 0.326 e. The van der Waals surface area contributed by atoms with Gasteiger partial charge < -0.3 is 5.73 Å². The van der Waals surface area contributed by atoms with Crippen LogP contribution < -0.4 is 5.73 Å². The van der Waals surface area contributed by atoms with Gasteiger partial charge in [-0.15, -0.1) is 0 Å². The Balaban J connectivity index is 3.09. The summed E-state index contributed by atoms with van der Waals surface area (Å²) in [6, 6.07) is 6.94. The highest BCUT2D eigenvalue weighted by Crippen LogP contribution is 2.19. The third-order valence-electron chi connectivity index (χ3n) is 1.14. The SMILES string of the molecule is NCc1[c]c(Br)ccc1Br. The van der Waals surface area contributed by atoms with E-state index in [1.807, 2.05) is 12.1 Å². The zero-order chi connectivity index (χ0) is 7.56. The Labute approximate surface area is 76.9 Å². The lowest BCUT2D eigenvalue weighted by Crippen LogP contribution is -1.97. The first kappa shape index (κ1) is 8.24. The first-order chi connectivity index (χ1) is 4.74. The number of benzene rings is 1. The monoisotopic (exact) mass is 262 g/mol. The van der Waals surface area contributed by atoms with E-state index in [1.165, 1.54) is 0 Å². The fraction of sp³-hybridized carbons (Fsp3) is 0.143. The highest BCUT2D eigenvalue weighted by molar-refractivity contribution is 9.11. The maximum Gasteiger partial charge on any atom is 0.0258 e. The van der Waals surface area contributed by atoms with Crippen LogP contribution in [0.4, 0.5) is 0 Å². The van der Waals surface area contributed by atoms with Crippen molar-refractivity contribution in [2.75, 3.05) is 0 Å². The van der Waals surface area contributed by atoms with Crippen molar-refractivity contribution in [2.45, 2.75) is 6.54 Å². The molecule has 0 unspecified atom stereocenters. The van der Waals surface area contributed by atoms with Crippen LogP contribution >= 0.6 is 31.9 Å². The summed E-state index contributed by atoms with van der Waals surface area (Å²) in [5.74, 6) is 0. The number of hydrogen-bond acceptors (Lipinski definition) is 1. The van der Waals surface area contributed by atoms with Crippen LogP contribution in [0.3, 0.4) is 0 Å². The summed E-state index contributed by atoms with van der Waals surface area (Å²) in [4.78, 5) is 0. The van der Waals surface area contributed by atoms with Crippen molar-refractivity contribution < 1.29 is 0 Å². The van der Waals surface area contributed by atoms with Gasteiger partial charge >= 0.3 is 0 Å². The molecule has 1 radical (unpaired) electrons. The molecule has 0 aliphatic heterocycles. The van der Waals surface area contributed by atoms with Crippen molar-refractivity contribution in [3.8, 4) is 0 Å². The van der Waals surface area contributed by atoms with E-state index in [0.717, 1.165) is 14.5 Å². The van der Waals surface area contributed by atoms with Crippen molar-refractivity contribution in [2.24, 2.45) is 5.73 Å².